The van der Waals surface area contributed by atoms with Crippen molar-refractivity contribution in [3.8, 4) is 17.6 Å². The average molecular weight is 225 g/mol. The first-order valence-corrected chi connectivity index (χ1v) is 5.10. The van der Waals surface area contributed by atoms with Crippen LogP contribution in [0.2, 0.25) is 0 Å². The Morgan fingerprint density at radius 1 is 1.29 bits per heavy atom. The second-order valence-electron chi connectivity index (χ2n) is 3.58. The van der Waals surface area contributed by atoms with E-state index < -0.39 is 0 Å². The first-order chi connectivity index (χ1) is 8.20. The van der Waals surface area contributed by atoms with E-state index in [1.165, 1.54) is 6.20 Å². The Labute approximate surface area is 99.3 Å². The van der Waals surface area contributed by atoms with E-state index >= 15 is 0 Å². The zero-order valence-corrected chi connectivity index (χ0v) is 9.34. The SMILES string of the molecule is Cc1cccc(Oc2ccc(C#N)nc2)c1N. The van der Waals surface area contributed by atoms with Crippen molar-refractivity contribution in [3.05, 3.63) is 47.8 Å². The Morgan fingerprint density at radius 2 is 2.12 bits per heavy atom. The maximum atomic E-state index is 8.63. The van der Waals surface area contributed by atoms with Crippen molar-refractivity contribution >= 4 is 5.69 Å². The van der Waals surface area contributed by atoms with Crippen molar-refractivity contribution in [2.24, 2.45) is 0 Å². The Morgan fingerprint density at radius 3 is 2.76 bits per heavy atom. The molecule has 0 saturated carbocycles. The smallest absolute Gasteiger partial charge is 0.150 e. The monoisotopic (exact) mass is 225 g/mol. The first kappa shape index (κ1) is 11.0. The van der Waals surface area contributed by atoms with Gasteiger partial charge in [-0.1, -0.05) is 12.1 Å². The van der Waals surface area contributed by atoms with E-state index in [2.05, 4.69) is 4.98 Å². The fourth-order valence-electron chi connectivity index (χ4n) is 1.38. The van der Waals surface area contributed by atoms with Gasteiger partial charge >= 0.3 is 0 Å². The molecule has 0 spiro atoms. The minimum absolute atomic E-state index is 0.356. The minimum atomic E-state index is 0.356. The number of ether oxygens (including phenoxy) is 1. The predicted molar refractivity (Wildman–Crippen MR) is 64.6 cm³/mol. The number of rotatable bonds is 2. The van der Waals surface area contributed by atoms with Crippen LogP contribution in [-0.4, -0.2) is 4.98 Å². The molecule has 4 heteroatoms. The van der Waals surface area contributed by atoms with E-state index in [4.69, 9.17) is 15.7 Å². The van der Waals surface area contributed by atoms with Gasteiger partial charge in [-0.15, -0.1) is 0 Å². The Bertz CT molecular complexity index is 570. The molecule has 1 aromatic carbocycles. The molecule has 17 heavy (non-hydrogen) atoms. The zero-order chi connectivity index (χ0) is 12.3. The summed E-state index contributed by atoms with van der Waals surface area (Å²) in [6, 6.07) is 10.8. The summed E-state index contributed by atoms with van der Waals surface area (Å²) >= 11 is 0. The Hall–Kier alpha value is -2.54. The maximum Gasteiger partial charge on any atom is 0.150 e. The van der Waals surface area contributed by atoms with Crippen LogP contribution < -0.4 is 10.5 Å². The van der Waals surface area contributed by atoms with Gasteiger partial charge in [0.1, 0.15) is 17.5 Å². The number of benzene rings is 1. The average Bonchev–Trinajstić information content (AvgIpc) is 2.36. The number of aryl methyl sites for hydroxylation is 1. The van der Waals surface area contributed by atoms with Crippen LogP contribution in [0.1, 0.15) is 11.3 Å². The fourth-order valence-corrected chi connectivity index (χ4v) is 1.38. The van der Waals surface area contributed by atoms with Crippen LogP contribution in [0, 0.1) is 18.3 Å². The topological polar surface area (TPSA) is 71.9 Å². The van der Waals surface area contributed by atoms with Crippen molar-refractivity contribution in [3.63, 3.8) is 0 Å². The predicted octanol–water partition coefficient (Wildman–Crippen LogP) is 2.64. The van der Waals surface area contributed by atoms with Gasteiger partial charge in [-0.05, 0) is 30.7 Å². The molecule has 0 aliphatic heterocycles. The molecule has 0 atom stereocenters. The van der Waals surface area contributed by atoms with Crippen LogP contribution in [0.25, 0.3) is 0 Å². The normalized spacial score (nSPS) is 9.65. The molecular formula is C13H11N3O. The van der Waals surface area contributed by atoms with Crippen molar-refractivity contribution < 1.29 is 4.74 Å². The standard InChI is InChI=1S/C13H11N3O/c1-9-3-2-4-12(13(9)15)17-11-6-5-10(7-14)16-8-11/h2-6,8H,15H2,1H3. The number of nitriles is 1. The van der Waals surface area contributed by atoms with Crippen molar-refractivity contribution in [2.75, 3.05) is 5.73 Å². The van der Waals surface area contributed by atoms with E-state index in [0.717, 1.165) is 5.56 Å². The lowest BCUT2D eigenvalue weighted by Crippen LogP contribution is -1.95. The summed E-state index contributed by atoms with van der Waals surface area (Å²) in [5.74, 6) is 1.15. The van der Waals surface area contributed by atoms with Gasteiger partial charge < -0.3 is 10.5 Å². The molecule has 4 nitrogen and oxygen atoms in total. The highest BCUT2D eigenvalue weighted by molar-refractivity contribution is 5.58. The van der Waals surface area contributed by atoms with Crippen LogP contribution in [-0.2, 0) is 0 Å². The molecule has 2 aromatic rings. The third-order valence-corrected chi connectivity index (χ3v) is 2.36. The van der Waals surface area contributed by atoms with Crippen molar-refractivity contribution in [1.29, 1.82) is 5.26 Å². The maximum absolute atomic E-state index is 8.63. The second kappa shape index (κ2) is 4.54. The molecular weight excluding hydrogens is 214 g/mol. The lowest BCUT2D eigenvalue weighted by atomic mass is 10.2. The molecule has 0 unspecified atom stereocenters. The van der Waals surface area contributed by atoms with Crippen molar-refractivity contribution in [2.45, 2.75) is 6.92 Å². The summed E-state index contributed by atoms with van der Waals surface area (Å²) in [6.45, 7) is 1.92. The second-order valence-corrected chi connectivity index (χ2v) is 3.58. The number of nitrogens with two attached hydrogens (primary N) is 1. The summed E-state index contributed by atoms with van der Waals surface area (Å²) in [7, 11) is 0. The third kappa shape index (κ3) is 2.34. The molecule has 0 amide bonds. The highest BCUT2D eigenvalue weighted by Crippen LogP contribution is 2.29. The number of pyridine rings is 1. The number of nitrogen functional groups attached to an aromatic ring is 1. The molecule has 2 N–H and O–H groups in total. The highest BCUT2D eigenvalue weighted by Gasteiger charge is 2.04. The number of aromatic nitrogens is 1. The van der Waals surface area contributed by atoms with Crippen LogP contribution >= 0.6 is 0 Å². The van der Waals surface area contributed by atoms with Crippen molar-refractivity contribution in [1.82, 2.24) is 4.98 Å². The van der Waals surface area contributed by atoms with E-state index in [1.807, 2.05) is 25.1 Å². The molecule has 0 aliphatic carbocycles. The summed E-state index contributed by atoms with van der Waals surface area (Å²) in [4.78, 5) is 3.92. The van der Waals surface area contributed by atoms with Gasteiger partial charge in [0, 0.05) is 0 Å². The van der Waals surface area contributed by atoms with Gasteiger partial charge in [-0.2, -0.15) is 5.26 Å². The van der Waals surface area contributed by atoms with Crippen LogP contribution in [0.3, 0.4) is 0 Å². The lowest BCUT2D eigenvalue weighted by molar-refractivity contribution is 0.482. The molecule has 0 radical (unpaired) electrons. The van der Waals surface area contributed by atoms with E-state index in [0.29, 0.717) is 22.9 Å². The van der Waals surface area contributed by atoms with Gasteiger partial charge in [0.05, 0.1) is 11.9 Å². The molecule has 0 aliphatic rings. The lowest BCUT2D eigenvalue weighted by Gasteiger charge is -2.09. The summed E-state index contributed by atoms with van der Waals surface area (Å²) in [6.07, 6.45) is 1.50. The summed E-state index contributed by atoms with van der Waals surface area (Å²) < 4.78 is 5.59. The van der Waals surface area contributed by atoms with Crippen LogP contribution in [0.4, 0.5) is 5.69 Å². The van der Waals surface area contributed by atoms with Crippen LogP contribution in [0.5, 0.6) is 11.5 Å². The number of hydrogen-bond acceptors (Lipinski definition) is 4. The summed E-state index contributed by atoms with van der Waals surface area (Å²) in [5, 5.41) is 8.63. The number of hydrogen-bond donors (Lipinski definition) is 1. The fraction of sp³-hybridized carbons (Fsp3) is 0.0769. The quantitative estimate of drug-likeness (QED) is 0.797. The minimum Gasteiger partial charge on any atom is -0.454 e. The Balaban J connectivity index is 2.26. The number of anilines is 1. The largest absolute Gasteiger partial charge is 0.454 e. The highest BCUT2D eigenvalue weighted by atomic mass is 16.5. The molecule has 0 fully saturated rings. The number of nitrogens with zero attached hydrogens (tertiary/aromatic N) is 2. The molecule has 0 bridgehead atoms. The van der Waals surface area contributed by atoms with E-state index in [9.17, 15) is 0 Å². The molecule has 0 saturated heterocycles. The molecule has 84 valence electrons. The Kier molecular flexibility index (Phi) is 2.93. The third-order valence-electron chi connectivity index (χ3n) is 2.36. The zero-order valence-electron chi connectivity index (χ0n) is 9.34. The first-order valence-electron chi connectivity index (χ1n) is 5.10. The molecule has 1 heterocycles. The van der Waals surface area contributed by atoms with E-state index in [1.54, 1.807) is 18.2 Å². The molecule has 2 rings (SSSR count). The van der Waals surface area contributed by atoms with Gasteiger partial charge in [-0.25, -0.2) is 4.98 Å². The molecule has 1 aromatic heterocycles. The van der Waals surface area contributed by atoms with Crippen LogP contribution in [0.15, 0.2) is 36.5 Å². The van der Waals surface area contributed by atoms with Gasteiger partial charge in [-0.3, -0.25) is 0 Å². The van der Waals surface area contributed by atoms with Gasteiger partial charge in [0.2, 0.25) is 0 Å². The summed E-state index contributed by atoms with van der Waals surface area (Å²) in [5.41, 5.74) is 7.82. The van der Waals surface area contributed by atoms with E-state index in [-0.39, 0.29) is 0 Å². The van der Waals surface area contributed by atoms with Gasteiger partial charge in [0.15, 0.2) is 5.75 Å². The number of para-hydroxylation sites is 1. The van der Waals surface area contributed by atoms with Gasteiger partial charge in [0.25, 0.3) is 0 Å².